The van der Waals surface area contributed by atoms with Crippen molar-refractivity contribution in [2.75, 3.05) is 0 Å². The van der Waals surface area contributed by atoms with E-state index in [4.69, 9.17) is 5.73 Å². The average molecular weight is 305 g/mol. The second kappa shape index (κ2) is 8.54. The number of benzene rings is 1. The molecule has 2 amide bonds. The van der Waals surface area contributed by atoms with Crippen LogP contribution >= 0.6 is 0 Å². The van der Waals surface area contributed by atoms with Gasteiger partial charge >= 0.3 is 0 Å². The maximum atomic E-state index is 12.1. The average Bonchev–Trinajstić information content (AvgIpc) is 2.51. The van der Waals surface area contributed by atoms with Gasteiger partial charge in [0.15, 0.2) is 0 Å². The van der Waals surface area contributed by atoms with Crippen molar-refractivity contribution in [3.8, 4) is 0 Å². The van der Waals surface area contributed by atoms with Crippen LogP contribution in [0, 0.1) is 5.92 Å². The largest absolute Gasteiger partial charge is 0.352 e. The van der Waals surface area contributed by atoms with Gasteiger partial charge in [-0.25, -0.2) is 0 Å². The van der Waals surface area contributed by atoms with E-state index in [1.54, 1.807) is 19.1 Å². The van der Waals surface area contributed by atoms with Crippen LogP contribution in [-0.2, 0) is 11.3 Å². The summed E-state index contributed by atoms with van der Waals surface area (Å²) in [5, 5.41) is 5.78. The molecule has 5 nitrogen and oxygen atoms in total. The Labute approximate surface area is 132 Å². The second-order valence-corrected chi connectivity index (χ2v) is 5.85. The molecule has 0 saturated heterocycles. The number of nitrogens with one attached hydrogen (secondary N) is 2. The summed E-state index contributed by atoms with van der Waals surface area (Å²) in [5.74, 6) is -0.409. The third kappa shape index (κ3) is 5.48. The van der Waals surface area contributed by atoms with Gasteiger partial charge < -0.3 is 16.4 Å². The Kier molecular flexibility index (Phi) is 7.05. The van der Waals surface area contributed by atoms with Gasteiger partial charge in [0.05, 0.1) is 0 Å². The van der Waals surface area contributed by atoms with Gasteiger partial charge in [-0.05, 0) is 38.0 Å². The molecule has 122 valence electrons. The Morgan fingerprint density at radius 2 is 1.91 bits per heavy atom. The first kappa shape index (κ1) is 18.2. The first-order valence-corrected chi connectivity index (χ1v) is 7.78. The summed E-state index contributed by atoms with van der Waals surface area (Å²) < 4.78 is 0. The third-order valence-electron chi connectivity index (χ3n) is 3.85. The molecule has 22 heavy (non-hydrogen) atoms. The van der Waals surface area contributed by atoms with E-state index in [-0.39, 0.29) is 29.8 Å². The SMILES string of the molecule is CCC(C)NC(=O)c1cccc(CNC(=O)C(C)C(C)N)c1. The fraction of sp³-hybridized carbons (Fsp3) is 0.529. The fourth-order valence-electron chi connectivity index (χ4n) is 1.82. The quantitative estimate of drug-likeness (QED) is 0.718. The smallest absolute Gasteiger partial charge is 0.251 e. The molecule has 0 aliphatic heterocycles. The van der Waals surface area contributed by atoms with Crippen LogP contribution in [0.5, 0.6) is 0 Å². The predicted octanol–water partition coefficient (Wildman–Crippen LogP) is 1.81. The zero-order chi connectivity index (χ0) is 16.7. The summed E-state index contributed by atoms with van der Waals surface area (Å²) in [4.78, 5) is 24.0. The minimum absolute atomic E-state index is 0.0792. The molecular weight excluding hydrogens is 278 g/mol. The van der Waals surface area contributed by atoms with Crippen molar-refractivity contribution >= 4 is 11.8 Å². The van der Waals surface area contributed by atoms with E-state index >= 15 is 0 Å². The molecule has 4 N–H and O–H groups in total. The van der Waals surface area contributed by atoms with Crippen molar-refractivity contribution in [1.29, 1.82) is 0 Å². The van der Waals surface area contributed by atoms with Gasteiger partial charge in [0.1, 0.15) is 0 Å². The Morgan fingerprint density at radius 3 is 2.50 bits per heavy atom. The van der Waals surface area contributed by atoms with Gasteiger partial charge in [-0.1, -0.05) is 26.0 Å². The van der Waals surface area contributed by atoms with Gasteiger partial charge in [-0.3, -0.25) is 9.59 Å². The number of rotatable bonds is 7. The zero-order valence-electron chi connectivity index (χ0n) is 13.8. The highest BCUT2D eigenvalue weighted by molar-refractivity contribution is 5.94. The Morgan fingerprint density at radius 1 is 1.23 bits per heavy atom. The molecule has 0 fully saturated rings. The first-order valence-electron chi connectivity index (χ1n) is 7.78. The van der Waals surface area contributed by atoms with Gasteiger partial charge in [0.2, 0.25) is 5.91 Å². The molecule has 0 radical (unpaired) electrons. The Bertz CT molecular complexity index is 514. The standard InChI is InChI=1S/C17H27N3O2/c1-5-11(2)20-17(22)15-8-6-7-14(9-15)10-19-16(21)12(3)13(4)18/h6-9,11-13H,5,10,18H2,1-4H3,(H,19,21)(H,20,22). The van der Waals surface area contributed by atoms with E-state index in [2.05, 4.69) is 10.6 Å². The van der Waals surface area contributed by atoms with Crippen molar-refractivity contribution in [2.24, 2.45) is 11.7 Å². The highest BCUT2D eigenvalue weighted by Gasteiger charge is 2.16. The van der Waals surface area contributed by atoms with Crippen LogP contribution in [0.3, 0.4) is 0 Å². The summed E-state index contributed by atoms with van der Waals surface area (Å²) in [6.45, 7) is 7.99. The minimum Gasteiger partial charge on any atom is -0.352 e. The lowest BCUT2D eigenvalue weighted by Gasteiger charge is -2.16. The first-order chi connectivity index (χ1) is 10.3. The molecule has 1 aromatic rings. The van der Waals surface area contributed by atoms with Crippen molar-refractivity contribution in [2.45, 2.75) is 52.7 Å². The van der Waals surface area contributed by atoms with Crippen LogP contribution in [0.25, 0.3) is 0 Å². The van der Waals surface area contributed by atoms with Crippen LogP contribution in [0.4, 0.5) is 0 Å². The number of hydrogen-bond acceptors (Lipinski definition) is 3. The highest BCUT2D eigenvalue weighted by Crippen LogP contribution is 2.07. The number of carbonyl (C=O) groups excluding carboxylic acids is 2. The topological polar surface area (TPSA) is 84.2 Å². The van der Waals surface area contributed by atoms with Gasteiger partial charge in [-0.15, -0.1) is 0 Å². The molecule has 0 aromatic heterocycles. The van der Waals surface area contributed by atoms with Crippen molar-refractivity contribution < 1.29 is 9.59 Å². The molecular formula is C17H27N3O2. The molecule has 0 spiro atoms. The monoisotopic (exact) mass is 305 g/mol. The van der Waals surface area contributed by atoms with Crippen LogP contribution in [-0.4, -0.2) is 23.9 Å². The van der Waals surface area contributed by atoms with Gasteiger partial charge in [0, 0.05) is 30.1 Å². The number of carbonyl (C=O) groups is 2. The van der Waals surface area contributed by atoms with Gasteiger partial charge in [0.25, 0.3) is 5.91 Å². The summed E-state index contributed by atoms with van der Waals surface area (Å²) in [6, 6.07) is 7.23. The molecule has 0 aliphatic carbocycles. The lowest BCUT2D eigenvalue weighted by Crippen LogP contribution is -2.38. The summed E-state index contributed by atoms with van der Waals surface area (Å²) in [6.07, 6.45) is 0.886. The molecule has 1 aromatic carbocycles. The molecule has 0 heterocycles. The van der Waals surface area contributed by atoms with E-state index < -0.39 is 0 Å². The van der Waals surface area contributed by atoms with Gasteiger partial charge in [-0.2, -0.15) is 0 Å². The summed E-state index contributed by atoms with van der Waals surface area (Å²) >= 11 is 0. The van der Waals surface area contributed by atoms with Crippen molar-refractivity contribution in [1.82, 2.24) is 10.6 Å². The maximum absolute atomic E-state index is 12.1. The van der Waals surface area contributed by atoms with Crippen molar-refractivity contribution in [3.63, 3.8) is 0 Å². The normalized spacial score (nSPS) is 14.8. The number of nitrogens with two attached hydrogens (primary N) is 1. The molecule has 3 unspecified atom stereocenters. The molecule has 1 rings (SSSR count). The third-order valence-corrected chi connectivity index (χ3v) is 3.85. The van der Waals surface area contributed by atoms with E-state index in [1.807, 2.05) is 32.9 Å². The van der Waals surface area contributed by atoms with Crippen molar-refractivity contribution in [3.05, 3.63) is 35.4 Å². The van der Waals surface area contributed by atoms with Crippen LogP contribution < -0.4 is 16.4 Å². The van der Waals surface area contributed by atoms with Crippen LogP contribution in [0.1, 0.15) is 50.0 Å². The molecule has 5 heteroatoms. The summed E-state index contributed by atoms with van der Waals surface area (Å²) in [7, 11) is 0. The molecule has 0 bridgehead atoms. The Hall–Kier alpha value is -1.88. The summed E-state index contributed by atoms with van der Waals surface area (Å²) in [5.41, 5.74) is 7.21. The second-order valence-electron chi connectivity index (χ2n) is 5.85. The Balaban J connectivity index is 2.65. The zero-order valence-corrected chi connectivity index (χ0v) is 13.8. The lowest BCUT2D eigenvalue weighted by molar-refractivity contribution is -0.125. The van der Waals surface area contributed by atoms with E-state index in [0.29, 0.717) is 12.1 Å². The maximum Gasteiger partial charge on any atom is 0.251 e. The van der Waals surface area contributed by atoms with E-state index in [0.717, 1.165) is 12.0 Å². The van der Waals surface area contributed by atoms with Crippen LogP contribution in [0.2, 0.25) is 0 Å². The van der Waals surface area contributed by atoms with E-state index in [9.17, 15) is 9.59 Å². The fourth-order valence-corrected chi connectivity index (χ4v) is 1.82. The number of hydrogen-bond donors (Lipinski definition) is 3. The van der Waals surface area contributed by atoms with Crippen LogP contribution in [0.15, 0.2) is 24.3 Å². The highest BCUT2D eigenvalue weighted by atomic mass is 16.2. The van der Waals surface area contributed by atoms with E-state index in [1.165, 1.54) is 0 Å². The minimum atomic E-state index is -0.239. The number of amides is 2. The lowest BCUT2D eigenvalue weighted by atomic mass is 10.0. The molecule has 3 atom stereocenters. The molecule has 0 aliphatic rings. The predicted molar refractivity (Wildman–Crippen MR) is 88.3 cm³/mol. The molecule has 0 saturated carbocycles.